The summed E-state index contributed by atoms with van der Waals surface area (Å²) in [6.07, 6.45) is 1.01. The van der Waals surface area contributed by atoms with Crippen LogP contribution in [0, 0.1) is 0 Å². The van der Waals surface area contributed by atoms with Gasteiger partial charge in [0.15, 0.2) is 0 Å². The quantitative estimate of drug-likeness (QED) is 0.923. The van der Waals surface area contributed by atoms with Gasteiger partial charge in [-0.15, -0.1) is 0 Å². The Bertz CT molecular complexity index is 640. The van der Waals surface area contributed by atoms with Crippen LogP contribution < -0.4 is 10.1 Å². The third-order valence-electron chi connectivity index (χ3n) is 4.16. The van der Waals surface area contributed by atoms with Crippen molar-refractivity contribution in [3.63, 3.8) is 0 Å². The van der Waals surface area contributed by atoms with E-state index in [0.29, 0.717) is 12.5 Å². The molecule has 3 rings (SSSR count). The zero-order valence-corrected chi connectivity index (χ0v) is 13.4. The summed E-state index contributed by atoms with van der Waals surface area (Å²) in [5.74, 6) is 1.25. The molecule has 0 saturated carbocycles. The van der Waals surface area contributed by atoms with Gasteiger partial charge in [0.2, 0.25) is 0 Å². The second kappa shape index (κ2) is 7.18. The molecule has 0 spiro atoms. The Morgan fingerprint density at radius 2 is 1.91 bits per heavy atom. The SMILES string of the molecule is CCOc1ccc(NC(=O)N2CCC(c3ccccc3)C2)cc1. The van der Waals surface area contributed by atoms with E-state index in [9.17, 15) is 4.79 Å². The van der Waals surface area contributed by atoms with Crippen molar-refractivity contribution in [3.05, 3.63) is 60.2 Å². The van der Waals surface area contributed by atoms with Crippen molar-refractivity contribution in [2.24, 2.45) is 0 Å². The summed E-state index contributed by atoms with van der Waals surface area (Å²) in [4.78, 5) is 14.3. The zero-order chi connectivity index (χ0) is 16.1. The van der Waals surface area contributed by atoms with Gasteiger partial charge in [0.05, 0.1) is 6.61 Å². The van der Waals surface area contributed by atoms with E-state index in [1.54, 1.807) is 0 Å². The largest absolute Gasteiger partial charge is 0.494 e. The normalized spacial score (nSPS) is 17.1. The lowest BCUT2D eigenvalue weighted by Gasteiger charge is -2.17. The molecule has 2 aromatic rings. The van der Waals surface area contributed by atoms with Gasteiger partial charge in [-0.1, -0.05) is 30.3 Å². The molecule has 0 aliphatic carbocycles. The number of hydrogen-bond donors (Lipinski definition) is 1. The summed E-state index contributed by atoms with van der Waals surface area (Å²) in [6, 6.07) is 17.8. The second-order valence-electron chi connectivity index (χ2n) is 5.73. The van der Waals surface area contributed by atoms with E-state index in [1.807, 2.05) is 42.2 Å². The van der Waals surface area contributed by atoms with Crippen LogP contribution in [0.1, 0.15) is 24.8 Å². The van der Waals surface area contributed by atoms with Crippen molar-refractivity contribution in [1.29, 1.82) is 0 Å². The minimum absolute atomic E-state index is 0.0346. The van der Waals surface area contributed by atoms with Crippen LogP contribution in [0.5, 0.6) is 5.75 Å². The van der Waals surface area contributed by atoms with Crippen LogP contribution in [-0.2, 0) is 0 Å². The van der Waals surface area contributed by atoms with E-state index in [0.717, 1.165) is 30.9 Å². The van der Waals surface area contributed by atoms with E-state index in [-0.39, 0.29) is 6.03 Å². The average molecular weight is 310 g/mol. The molecule has 1 N–H and O–H groups in total. The minimum Gasteiger partial charge on any atom is -0.494 e. The van der Waals surface area contributed by atoms with Crippen LogP contribution >= 0.6 is 0 Å². The molecule has 1 atom stereocenters. The maximum atomic E-state index is 12.4. The molecule has 0 bridgehead atoms. The minimum atomic E-state index is -0.0346. The Kier molecular flexibility index (Phi) is 4.81. The average Bonchev–Trinajstić information content (AvgIpc) is 3.08. The van der Waals surface area contributed by atoms with Crippen LogP contribution in [0.2, 0.25) is 0 Å². The summed E-state index contributed by atoms with van der Waals surface area (Å²) in [7, 11) is 0. The van der Waals surface area contributed by atoms with E-state index < -0.39 is 0 Å². The maximum Gasteiger partial charge on any atom is 0.321 e. The summed E-state index contributed by atoms with van der Waals surface area (Å²) < 4.78 is 5.41. The Morgan fingerprint density at radius 3 is 2.61 bits per heavy atom. The molecule has 23 heavy (non-hydrogen) atoms. The highest BCUT2D eigenvalue weighted by Gasteiger charge is 2.27. The van der Waals surface area contributed by atoms with Crippen molar-refractivity contribution in [1.82, 2.24) is 4.90 Å². The Hall–Kier alpha value is -2.49. The van der Waals surface area contributed by atoms with Crippen LogP contribution in [0.4, 0.5) is 10.5 Å². The number of urea groups is 1. The van der Waals surface area contributed by atoms with Crippen LogP contribution in [0.25, 0.3) is 0 Å². The molecule has 1 heterocycles. The fraction of sp³-hybridized carbons (Fsp3) is 0.316. The third-order valence-corrected chi connectivity index (χ3v) is 4.16. The van der Waals surface area contributed by atoms with Gasteiger partial charge < -0.3 is 15.0 Å². The van der Waals surface area contributed by atoms with Crippen LogP contribution in [-0.4, -0.2) is 30.6 Å². The standard InChI is InChI=1S/C19H22N2O2/c1-2-23-18-10-8-17(9-11-18)20-19(22)21-13-12-16(14-21)15-6-4-3-5-7-15/h3-11,16H,2,12-14H2,1H3,(H,20,22). The van der Waals surface area contributed by atoms with E-state index >= 15 is 0 Å². The second-order valence-corrected chi connectivity index (χ2v) is 5.73. The number of amides is 2. The predicted molar refractivity (Wildman–Crippen MR) is 92.0 cm³/mol. The number of nitrogens with zero attached hydrogens (tertiary/aromatic N) is 1. The first-order valence-electron chi connectivity index (χ1n) is 8.10. The van der Waals surface area contributed by atoms with Crippen LogP contribution in [0.15, 0.2) is 54.6 Å². The number of rotatable bonds is 4. The Labute approximate surface area is 137 Å². The van der Waals surface area contributed by atoms with Crippen molar-refractivity contribution in [3.8, 4) is 5.75 Å². The molecule has 0 aromatic heterocycles. The lowest BCUT2D eigenvalue weighted by atomic mass is 9.99. The third kappa shape index (κ3) is 3.83. The van der Waals surface area contributed by atoms with E-state index in [2.05, 4.69) is 29.6 Å². The fourth-order valence-corrected chi connectivity index (χ4v) is 2.95. The smallest absolute Gasteiger partial charge is 0.321 e. The summed E-state index contributed by atoms with van der Waals surface area (Å²) >= 11 is 0. The first kappa shape index (κ1) is 15.4. The molecular weight excluding hydrogens is 288 g/mol. The van der Waals surface area contributed by atoms with Gasteiger partial charge in [0, 0.05) is 24.7 Å². The van der Waals surface area contributed by atoms with Gasteiger partial charge in [0.1, 0.15) is 5.75 Å². The van der Waals surface area contributed by atoms with E-state index in [4.69, 9.17) is 4.74 Å². The van der Waals surface area contributed by atoms with Crippen molar-refractivity contribution >= 4 is 11.7 Å². The van der Waals surface area contributed by atoms with E-state index in [1.165, 1.54) is 5.56 Å². The molecule has 0 radical (unpaired) electrons. The molecule has 1 saturated heterocycles. The monoisotopic (exact) mass is 310 g/mol. The van der Waals surface area contributed by atoms with Crippen LogP contribution in [0.3, 0.4) is 0 Å². The molecule has 1 unspecified atom stereocenters. The first-order valence-corrected chi connectivity index (χ1v) is 8.10. The molecule has 4 heteroatoms. The number of benzene rings is 2. The maximum absolute atomic E-state index is 12.4. The molecule has 2 amide bonds. The first-order chi connectivity index (χ1) is 11.3. The molecule has 4 nitrogen and oxygen atoms in total. The number of carbonyl (C=O) groups is 1. The van der Waals surface area contributed by atoms with Crippen molar-refractivity contribution in [2.45, 2.75) is 19.3 Å². The number of hydrogen-bond acceptors (Lipinski definition) is 2. The molecule has 1 aliphatic rings. The molecule has 1 fully saturated rings. The number of likely N-dealkylation sites (tertiary alicyclic amines) is 1. The lowest BCUT2D eigenvalue weighted by Crippen LogP contribution is -2.32. The zero-order valence-electron chi connectivity index (χ0n) is 13.4. The highest BCUT2D eigenvalue weighted by Crippen LogP contribution is 2.27. The summed E-state index contributed by atoms with van der Waals surface area (Å²) in [5.41, 5.74) is 2.10. The topological polar surface area (TPSA) is 41.6 Å². The van der Waals surface area contributed by atoms with Crippen molar-refractivity contribution in [2.75, 3.05) is 25.0 Å². The highest BCUT2D eigenvalue weighted by atomic mass is 16.5. The lowest BCUT2D eigenvalue weighted by molar-refractivity contribution is 0.222. The van der Waals surface area contributed by atoms with Crippen molar-refractivity contribution < 1.29 is 9.53 Å². The molecular formula is C19H22N2O2. The Morgan fingerprint density at radius 1 is 1.17 bits per heavy atom. The van der Waals surface area contributed by atoms with Gasteiger partial charge >= 0.3 is 6.03 Å². The summed E-state index contributed by atoms with van der Waals surface area (Å²) in [5, 5.41) is 2.96. The predicted octanol–water partition coefficient (Wildman–Crippen LogP) is 4.11. The van der Waals surface area contributed by atoms with Gasteiger partial charge in [-0.05, 0) is 43.2 Å². The number of carbonyl (C=O) groups excluding carboxylic acids is 1. The van der Waals surface area contributed by atoms with Gasteiger partial charge in [-0.2, -0.15) is 0 Å². The van der Waals surface area contributed by atoms with Gasteiger partial charge in [0.25, 0.3) is 0 Å². The Balaban J connectivity index is 1.57. The highest BCUT2D eigenvalue weighted by molar-refractivity contribution is 5.89. The fourth-order valence-electron chi connectivity index (χ4n) is 2.95. The number of ether oxygens (including phenoxy) is 1. The van der Waals surface area contributed by atoms with Gasteiger partial charge in [-0.3, -0.25) is 0 Å². The molecule has 120 valence electrons. The number of anilines is 1. The summed E-state index contributed by atoms with van der Waals surface area (Å²) in [6.45, 7) is 4.15. The van der Waals surface area contributed by atoms with Gasteiger partial charge in [-0.25, -0.2) is 4.79 Å². The molecule has 1 aliphatic heterocycles. The molecule has 2 aromatic carbocycles. The number of nitrogens with one attached hydrogen (secondary N) is 1.